The Balaban J connectivity index is 0. The molecule has 0 aromatic heterocycles. The Morgan fingerprint density at radius 3 is 0.726 bits per heavy atom. The summed E-state index contributed by atoms with van der Waals surface area (Å²) < 4.78 is 0. The Morgan fingerprint density at radius 1 is 0.321 bits per heavy atom. The molecule has 0 rings (SSSR count). The fourth-order valence-corrected chi connectivity index (χ4v) is 7.47. The van der Waals surface area contributed by atoms with Gasteiger partial charge in [-0.15, -0.1) is 0 Å². The molecule has 0 bridgehead atoms. The van der Waals surface area contributed by atoms with E-state index in [4.69, 9.17) is 20.4 Å². The minimum Gasteiger partial charge on any atom is -0.549 e. The average molecular weight is 1370 g/mol. The summed E-state index contributed by atoms with van der Waals surface area (Å²) in [5.41, 5.74) is 0. The molecule has 0 unspecified atom stereocenters. The molecular weight excluding hydrogens is 1280 g/mol. The maximum Gasteiger partial charge on any atom is 3.00 e. The van der Waals surface area contributed by atoms with Gasteiger partial charge in [-0.1, -0.05) is 0 Å². The Bertz CT molecular complexity index is 1770. The average Bonchev–Trinajstić information content (AvgIpc) is 3.44. The van der Waals surface area contributed by atoms with Crippen molar-refractivity contribution < 1.29 is 180 Å². The van der Waals surface area contributed by atoms with Crippen LogP contribution in [-0.2, 0) is 43.2 Å². The van der Waals surface area contributed by atoms with Gasteiger partial charge in [0.25, 0.3) is 23.6 Å². The number of nitrogens with zero attached hydrogens (tertiary/aromatic N) is 5. The van der Waals surface area contributed by atoms with E-state index in [1.165, 1.54) is 0 Å². The van der Waals surface area contributed by atoms with Crippen molar-refractivity contribution in [2.45, 2.75) is 98.9 Å². The van der Waals surface area contributed by atoms with Crippen LogP contribution < -0.4 is 36.6 Å². The van der Waals surface area contributed by atoms with Gasteiger partial charge in [0.05, 0.1) is 55.4 Å². The van der Waals surface area contributed by atoms with Gasteiger partial charge in [0.1, 0.15) is 24.4 Å². The van der Waals surface area contributed by atoms with E-state index in [0.29, 0.717) is 0 Å². The van der Waals surface area contributed by atoms with Crippen molar-refractivity contribution in [3.05, 3.63) is 0 Å². The first kappa shape index (κ1) is 81.9. The molecule has 6 amide bonds. The molecule has 487 valence electrons. The minimum absolute atomic E-state index is 0. The summed E-state index contributed by atoms with van der Waals surface area (Å²) >= 11 is 0. The molecule has 38 heteroatoms. The Morgan fingerprint density at radius 2 is 0.524 bits per heavy atom. The minimum atomic E-state index is -2.24. The molecule has 0 aliphatic rings. The van der Waals surface area contributed by atoms with E-state index >= 15 is 0 Å². The predicted octanol–water partition coefficient (Wildman–Crippen LogP) is -18.9. The monoisotopic (exact) mass is 1370 g/mol. The summed E-state index contributed by atoms with van der Waals surface area (Å²) in [6.45, 7) is -13.1. The van der Waals surface area contributed by atoms with Gasteiger partial charge in [0.2, 0.25) is 11.8 Å². The van der Waals surface area contributed by atoms with E-state index in [-0.39, 0.29) is 39.9 Å². The van der Waals surface area contributed by atoms with E-state index in [9.17, 15) is 120 Å². The van der Waals surface area contributed by atoms with Crippen LogP contribution in [0.2, 0.25) is 0 Å². The van der Waals surface area contributed by atoms with Crippen molar-refractivity contribution in [2.24, 2.45) is 0 Å². The zero-order valence-electron chi connectivity index (χ0n) is 45.7. The Labute approximate surface area is 513 Å². The number of nitrogens with one attached hydrogen (secondary N) is 4. The van der Waals surface area contributed by atoms with E-state index in [1.54, 1.807) is 0 Å². The van der Waals surface area contributed by atoms with Crippen molar-refractivity contribution in [1.29, 1.82) is 0 Å². The van der Waals surface area contributed by atoms with Crippen molar-refractivity contribution >= 4 is 53.4 Å². The molecule has 0 aliphatic heterocycles. The van der Waals surface area contributed by atoms with E-state index in [0.717, 1.165) is 24.5 Å². The molecule has 12 atom stereocenters. The number of aliphatic hydroxyl groups excluding tert-OH is 16. The van der Waals surface area contributed by atoms with Gasteiger partial charge < -0.3 is 142 Å². The van der Waals surface area contributed by atoms with Crippen LogP contribution in [0.5, 0.6) is 0 Å². The van der Waals surface area contributed by atoms with Crippen molar-refractivity contribution in [1.82, 2.24) is 45.8 Å². The molecule has 37 nitrogen and oxygen atoms in total. The molecule has 0 heterocycles. The third-order valence-corrected chi connectivity index (χ3v) is 12.3. The van der Waals surface area contributed by atoms with E-state index in [1.807, 2.05) is 0 Å². The van der Waals surface area contributed by atoms with Crippen LogP contribution in [-0.4, -0.2) is 370 Å². The van der Waals surface area contributed by atoms with Gasteiger partial charge in [-0.2, -0.15) is 0 Å². The normalized spacial score (nSPS) is 15.8. The largest absolute Gasteiger partial charge is 3.00 e. The summed E-state index contributed by atoms with van der Waals surface area (Å²) in [7, 11) is 0. The zero-order chi connectivity index (χ0) is 63.5. The quantitative estimate of drug-likeness (QED) is 0.0269. The van der Waals surface area contributed by atoms with Gasteiger partial charge in [0, 0.05) is 125 Å². The third-order valence-electron chi connectivity index (χ3n) is 12.3. The number of amides is 6. The fourth-order valence-electron chi connectivity index (χ4n) is 7.47. The standard InChI is InChI=1S/C46H85N9O28.Gd/c56-17-1-26(60)35(72)39(76)43(80)47-5-9-54(10-6-48-44(81)40(77)36(73)27(61)2-18-57)30(64)21-52(24-33(68)69)15-13-51(23-32(66)67)14-16-53(25-34(70)71)22-31(65)55(11-7-49-45(82)41(78)37(74)28(62)3-19-58)12-8-50-46(83)42(79)38(75)29(63)4-20-59;/h26-29,35-42,56-63,72-79H,1-25H2,(H,47,80)(H,48,81)(H,49,82)(H,50,83)(H,66,67)(H,68,69)(H,70,71);/q;+3/p-3/t26-,27-,28-,29-,35+,36+,37+,38+,39+,40+,41+,42+;/m1./s1. The second-order valence-corrected chi connectivity index (χ2v) is 18.8. The van der Waals surface area contributed by atoms with Crippen LogP contribution in [0, 0.1) is 39.9 Å². The van der Waals surface area contributed by atoms with Crippen LogP contribution in [0.15, 0.2) is 0 Å². The van der Waals surface area contributed by atoms with Crippen LogP contribution in [0.1, 0.15) is 25.7 Å². The second-order valence-electron chi connectivity index (χ2n) is 18.8. The van der Waals surface area contributed by atoms with Crippen LogP contribution in [0.3, 0.4) is 0 Å². The summed E-state index contributed by atoms with van der Waals surface area (Å²) in [5, 5.41) is 201. The maximum absolute atomic E-state index is 13.8. The van der Waals surface area contributed by atoms with Gasteiger partial charge in [-0.25, -0.2) is 0 Å². The van der Waals surface area contributed by atoms with Gasteiger partial charge in [0.15, 0.2) is 24.4 Å². The number of aliphatic hydroxyl groups is 16. The Kier molecular flexibility index (Phi) is 44.0. The van der Waals surface area contributed by atoms with Crippen LogP contribution in [0.25, 0.3) is 0 Å². The number of carboxylic acid groups (broad SMARTS) is 3. The number of rotatable bonds is 48. The number of hydrogen-bond donors (Lipinski definition) is 20. The predicted molar refractivity (Wildman–Crippen MR) is 268 cm³/mol. The van der Waals surface area contributed by atoms with Gasteiger partial charge in [-0.05, 0) is 25.7 Å². The Hall–Kier alpha value is -4.21. The van der Waals surface area contributed by atoms with Crippen LogP contribution in [0.4, 0.5) is 0 Å². The molecule has 84 heavy (non-hydrogen) atoms. The second kappa shape index (κ2) is 45.1. The molecule has 0 spiro atoms. The van der Waals surface area contributed by atoms with E-state index < -0.39 is 290 Å². The van der Waals surface area contributed by atoms with Gasteiger partial charge in [-0.3, -0.25) is 43.5 Å². The van der Waals surface area contributed by atoms with E-state index in [2.05, 4.69) is 21.3 Å². The topological polar surface area (TPSA) is 611 Å². The molecule has 0 saturated carbocycles. The molecule has 1 radical (unpaired) electrons. The molecule has 20 N–H and O–H groups in total. The number of aliphatic carboxylic acids is 3. The summed E-state index contributed by atoms with van der Waals surface area (Å²) in [6.07, 6.45) is -25.9. The van der Waals surface area contributed by atoms with Crippen molar-refractivity contribution in [3.63, 3.8) is 0 Å². The molecular formula is C46H82GdN9O28. The third kappa shape index (κ3) is 33.1. The van der Waals surface area contributed by atoms with Gasteiger partial charge >= 0.3 is 39.9 Å². The molecule has 0 aromatic rings. The first-order chi connectivity index (χ1) is 39.0. The van der Waals surface area contributed by atoms with Crippen molar-refractivity contribution in [3.8, 4) is 0 Å². The van der Waals surface area contributed by atoms with Crippen molar-refractivity contribution in [2.75, 3.05) is 138 Å². The van der Waals surface area contributed by atoms with Crippen LogP contribution >= 0.6 is 0 Å². The first-order valence-electron chi connectivity index (χ1n) is 26.0. The zero-order valence-corrected chi connectivity index (χ0v) is 48.0. The summed E-state index contributed by atoms with van der Waals surface area (Å²) in [4.78, 5) is 118. The molecule has 0 aliphatic carbocycles. The molecule has 0 saturated heterocycles. The fraction of sp³-hybridized carbons (Fsp3) is 0.804. The smallest absolute Gasteiger partial charge is 0.549 e. The molecule has 0 fully saturated rings. The number of carbonyl (C=O) groups excluding carboxylic acids is 9. The number of carbonyl (C=O) groups is 9. The first-order valence-corrected chi connectivity index (χ1v) is 26.0. The number of carboxylic acids is 3. The molecule has 0 aromatic carbocycles. The summed E-state index contributed by atoms with van der Waals surface area (Å²) in [5.74, 6) is -12.2. The number of hydrogen-bond acceptors (Lipinski definition) is 31. The SMILES string of the molecule is O=C([O-])CN(CCN(CC(=O)[O-])CC(=O)N(CCNC(=O)[C@@H](O)[C@@H](O)[C@H](O)CCO)CCNC(=O)[C@@H](O)[C@@H](O)[C@H](O)CCO)CCN(CC(=O)[O-])CC(=O)N(CCNC(=O)[C@@H](O)[C@@H](O)[C@H](O)CCO)CCNC(=O)[C@@H](O)[C@@H](O)[C@H](O)CCO.[Gd+3]. The summed E-state index contributed by atoms with van der Waals surface area (Å²) in [6, 6.07) is 0. The maximum atomic E-state index is 13.8.